The molecule has 1 aromatic heterocycles. The molecule has 15 heavy (non-hydrogen) atoms. The molecule has 1 aliphatic rings. The zero-order valence-corrected chi connectivity index (χ0v) is 9.45. The number of rotatable bonds is 2. The Balaban J connectivity index is 0.00000112. The van der Waals surface area contributed by atoms with Crippen LogP contribution >= 0.6 is 12.4 Å². The van der Waals surface area contributed by atoms with Crippen molar-refractivity contribution in [3.63, 3.8) is 0 Å². The highest BCUT2D eigenvalue weighted by molar-refractivity contribution is 5.85. The van der Waals surface area contributed by atoms with E-state index in [0.717, 1.165) is 31.7 Å². The number of nitrogens with zero attached hydrogens (tertiary/aromatic N) is 1. The molecule has 0 amide bonds. The molecule has 0 aliphatic carbocycles. The van der Waals surface area contributed by atoms with Gasteiger partial charge in [0.25, 0.3) is 0 Å². The van der Waals surface area contributed by atoms with Gasteiger partial charge in [-0.05, 0) is 30.9 Å². The van der Waals surface area contributed by atoms with Crippen LogP contribution in [0.4, 0.5) is 0 Å². The van der Waals surface area contributed by atoms with Gasteiger partial charge < -0.3 is 10.5 Å². The predicted molar refractivity (Wildman–Crippen MR) is 62.0 cm³/mol. The maximum atomic E-state index is 6.15. The molecule has 1 aliphatic heterocycles. The molecule has 84 valence electrons. The number of hydrogen-bond acceptors (Lipinski definition) is 3. The van der Waals surface area contributed by atoms with Crippen LogP contribution in [0.3, 0.4) is 0 Å². The molecule has 2 heterocycles. The Morgan fingerprint density at radius 2 is 2.07 bits per heavy atom. The number of aromatic nitrogens is 1. The van der Waals surface area contributed by atoms with Crippen LogP contribution in [0.1, 0.15) is 24.6 Å². The average molecular weight is 229 g/mol. The lowest BCUT2D eigenvalue weighted by Gasteiger charge is -2.27. The van der Waals surface area contributed by atoms with Crippen LogP contribution in [-0.2, 0) is 4.74 Å². The molecule has 0 aromatic carbocycles. The minimum Gasteiger partial charge on any atom is -0.381 e. The van der Waals surface area contributed by atoms with Crippen LogP contribution in [0.15, 0.2) is 24.4 Å². The average Bonchev–Trinajstić information content (AvgIpc) is 2.30. The summed E-state index contributed by atoms with van der Waals surface area (Å²) in [5.74, 6) is 0.527. The summed E-state index contributed by atoms with van der Waals surface area (Å²) in [6.07, 6.45) is 3.91. The first-order valence-corrected chi connectivity index (χ1v) is 5.12. The Labute approximate surface area is 96.4 Å². The van der Waals surface area contributed by atoms with Crippen LogP contribution in [0.25, 0.3) is 0 Å². The first kappa shape index (κ1) is 12.4. The highest BCUT2D eigenvalue weighted by atomic mass is 35.5. The Kier molecular flexibility index (Phi) is 5.02. The van der Waals surface area contributed by atoms with Gasteiger partial charge in [0.2, 0.25) is 0 Å². The molecule has 2 N–H and O–H groups in total. The number of pyridine rings is 1. The second kappa shape index (κ2) is 6.05. The minimum atomic E-state index is 0. The van der Waals surface area contributed by atoms with Crippen molar-refractivity contribution >= 4 is 12.4 Å². The highest BCUT2D eigenvalue weighted by Crippen LogP contribution is 2.26. The van der Waals surface area contributed by atoms with Gasteiger partial charge in [-0.3, -0.25) is 4.98 Å². The van der Waals surface area contributed by atoms with E-state index < -0.39 is 0 Å². The maximum Gasteiger partial charge on any atom is 0.0573 e. The van der Waals surface area contributed by atoms with Crippen LogP contribution in [-0.4, -0.2) is 18.2 Å². The normalized spacial score (nSPS) is 19.3. The lowest BCUT2D eigenvalue weighted by Crippen LogP contribution is -2.27. The summed E-state index contributed by atoms with van der Waals surface area (Å²) >= 11 is 0. The largest absolute Gasteiger partial charge is 0.381 e. The highest BCUT2D eigenvalue weighted by Gasteiger charge is 2.22. The third kappa shape index (κ3) is 3.16. The van der Waals surface area contributed by atoms with Gasteiger partial charge in [-0.15, -0.1) is 12.4 Å². The van der Waals surface area contributed by atoms with E-state index in [1.807, 2.05) is 18.2 Å². The number of halogens is 1. The lowest BCUT2D eigenvalue weighted by atomic mass is 9.90. The van der Waals surface area contributed by atoms with Gasteiger partial charge in [0.15, 0.2) is 0 Å². The SMILES string of the molecule is Cl.N[C@@H](c1ccccn1)C1CCOCC1. The van der Waals surface area contributed by atoms with Crippen molar-refractivity contribution in [2.75, 3.05) is 13.2 Å². The van der Waals surface area contributed by atoms with E-state index in [0.29, 0.717) is 5.92 Å². The Bertz CT molecular complexity index is 275. The second-order valence-corrected chi connectivity index (χ2v) is 3.73. The fraction of sp³-hybridized carbons (Fsp3) is 0.545. The van der Waals surface area contributed by atoms with E-state index in [9.17, 15) is 0 Å². The topological polar surface area (TPSA) is 48.1 Å². The predicted octanol–water partition coefficient (Wildman–Crippen LogP) is 1.93. The van der Waals surface area contributed by atoms with Gasteiger partial charge in [0.05, 0.1) is 5.69 Å². The van der Waals surface area contributed by atoms with Crippen LogP contribution < -0.4 is 5.73 Å². The smallest absolute Gasteiger partial charge is 0.0573 e. The number of ether oxygens (including phenoxy) is 1. The van der Waals surface area contributed by atoms with E-state index in [-0.39, 0.29) is 18.4 Å². The van der Waals surface area contributed by atoms with Gasteiger partial charge in [-0.25, -0.2) is 0 Å². The first-order valence-electron chi connectivity index (χ1n) is 5.12. The monoisotopic (exact) mass is 228 g/mol. The summed E-state index contributed by atoms with van der Waals surface area (Å²) in [6.45, 7) is 1.68. The molecule has 1 atom stereocenters. The summed E-state index contributed by atoms with van der Waals surface area (Å²) in [4.78, 5) is 4.29. The number of nitrogens with two attached hydrogens (primary N) is 1. The quantitative estimate of drug-likeness (QED) is 0.842. The molecule has 0 spiro atoms. The van der Waals surface area contributed by atoms with E-state index >= 15 is 0 Å². The third-order valence-corrected chi connectivity index (χ3v) is 2.80. The van der Waals surface area contributed by atoms with Crippen molar-refractivity contribution in [2.24, 2.45) is 11.7 Å². The molecule has 2 rings (SSSR count). The molecular formula is C11H17ClN2O. The van der Waals surface area contributed by atoms with Crippen molar-refractivity contribution in [3.05, 3.63) is 30.1 Å². The van der Waals surface area contributed by atoms with Crippen molar-refractivity contribution in [3.8, 4) is 0 Å². The molecule has 4 heteroatoms. The van der Waals surface area contributed by atoms with Gasteiger partial charge in [0.1, 0.15) is 0 Å². The summed E-state index contributed by atoms with van der Waals surface area (Å²) < 4.78 is 5.31. The molecule has 1 aromatic rings. The number of hydrogen-bond donors (Lipinski definition) is 1. The molecule has 0 radical (unpaired) electrons. The third-order valence-electron chi connectivity index (χ3n) is 2.80. The summed E-state index contributed by atoms with van der Waals surface area (Å²) in [5, 5.41) is 0. The van der Waals surface area contributed by atoms with E-state index in [1.165, 1.54) is 0 Å². The maximum absolute atomic E-state index is 6.15. The standard InChI is InChI=1S/C11H16N2O.ClH/c12-11(9-4-7-14-8-5-9)10-3-1-2-6-13-10;/h1-3,6,9,11H,4-5,7-8,12H2;1H/t11-;/m1./s1. The zero-order valence-electron chi connectivity index (χ0n) is 8.63. The Hall–Kier alpha value is -0.640. The Morgan fingerprint density at radius 3 is 2.67 bits per heavy atom. The second-order valence-electron chi connectivity index (χ2n) is 3.73. The summed E-state index contributed by atoms with van der Waals surface area (Å²) in [6, 6.07) is 5.97. The van der Waals surface area contributed by atoms with Crippen molar-refractivity contribution in [1.29, 1.82) is 0 Å². The molecule has 0 saturated carbocycles. The molecule has 3 nitrogen and oxygen atoms in total. The van der Waals surface area contributed by atoms with Crippen LogP contribution in [0, 0.1) is 5.92 Å². The van der Waals surface area contributed by atoms with Gasteiger partial charge in [-0.1, -0.05) is 6.07 Å². The van der Waals surface area contributed by atoms with Crippen molar-refractivity contribution in [2.45, 2.75) is 18.9 Å². The molecule has 0 unspecified atom stereocenters. The fourth-order valence-corrected chi connectivity index (χ4v) is 1.89. The van der Waals surface area contributed by atoms with Crippen molar-refractivity contribution in [1.82, 2.24) is 4.98 Å². The molecule has 1 fully saturated rings. The summed E-state index contributed by atoms with van der Waals surface area (Å²) in [5.41, 5.74) is 7.15. The molecule has 0 bridgehead atoms. The van der Waals surface area contributed by atoms with Gasteiger partial charge >= 0.3 is 0 Å². The molecule has 1 saturated heterocycles. The van der Waals surface area contributed by atoms with Crippen molar-refractivity contribution < 1.29 is 4.74 Å². The van der Waals surface area contributed by atoms with Crippen LogP contribution in [0.2, 0.25) is 0 Å². The zero-order chi connectivity index (χ0) is 9.80. The minimum absolute atomic E-state index is 0. The summed E-state index contributed by atoms with van der Waals surface area (Å²) in [7, 11) is 0. The van der Waals surface area contributed by atoms with Gasteiger partial charge in [0, 0.05) is 25.5 Å². The van der Waals surface area contributed by atoms with E-state index in [2.05, 4.69) is 4.98 Å². The first-order chi connectivity index (χ1) is 6.88. The van der Waals surface area contributed by atoms with Crippen LogP contribution in [0.5, 0.6) is 0 Å². The van der Waals surface area contributed by atoms with E-state index in [1.54, 1.807) is 6.20 Å². The fourth-order valence-electron chi connectivity index (χ4n) is 1.89. The Morgan fingerprint density at radius 1 is 1.33 bits per heavy atom. The molecular weight excluding hydrogens is 212 g/mol. The van der Waals surface area contributed by atoms with E-state index in [4.69, 9.17) is 10.5 Å². The van der Waals surface area contributed by atoms with Gasteiger partial charge in [-0.2, -0.15) is 0 Å². The lowest BCUT2D eigenvalue weighted by molar-refractivity contribution is 0.0579.